The number of nitrogens with zero attached hydrogens (tertiary/aromatic N) is 4. The minimum absolute atomic E-state index is 0.0502. The first kappa shape index (κ1) is 26.5. The predicted molar refractivity (Wildman–Crippen MR) is 134 cm³/mol. The number of hydrogen-bond acceptors (Lipinski definition) is 6. The van der Waals surface area contributed by atoms with Crippen LogP contribution in [0.15, 0.2) is 18.2 Å². The first-order valence-electron chi connectivity index (χ1n) is 12.2. The molecule has 9 nitrogen and oxygen atoms in total. The van der Waals surface area contributed by atoms with E-state index in [0.29, 0.717) is 48.1 Å². The molecule has 4 atom stereocenters. The summed E-state index contributed by atoms with van der Waals surface area (Å²) < 4.78 is 5.38. The van der Waals surface area contributed by atoms with E-state index in [0.717, 1.165) is 6.42 Å². The molecule has 2 unspecified atom stereocenters. The lowest BCUT2D eigenvalue weighted by atomic mass is 10.1. The van der Waals surface area contributed by atoms with Crippen LogP contribution in [0.1, 0.15) is 45.6 Å². The normalized spacial score (nSPS) is 24.7. The zero-order chi connectivity index (χ0) is 26.2. The molecule has 1 aromatic carbocycles. The molecule has 3 aliphatic heterocycles. The average Bonchev–Trinajstić information content (AvgIpc) is 3.49. The molecule has 0 aromatic heterocycles. The fourth-order valence-corrected chi connectivity index (χ4v) is 5.75. The van der Waals surface area contributed by atoms with Crippen LogP contribution in [0.4, 0.5) is 4.79 Å². The topological polar surface area (TPSA) is 106 Å². The quantitative estimate of drug-likeness (QED) is 0.599. The van der Waals surface area contributed by atoms with Crippen LogP contribution in [0.3, 0.4) is 0 Å². The third kappa shape index (κ3) is 5.56. The minimum atomic E-state index is -0.938. The monoisotopic (exact) mass is 535 g/mol. The molecule has 4 rings (SSSR count). The van der Waals surface area contributed by atoms with Gasteiger partial charge in [0.05, 0.1) is 12.1 Å². The van der Waals surface area contributed by atoms with Crippen molar-refractivity contribution in [1.82, 2.24) is 20.0 Å². The Labute approximate surface area is 221 Å². The van der Waals surface area contributed by atoms with Gasteiger partial charge in [0.15, 0.2) is 0 Å². The van der Waals surface area contributed by atoms with Crippen LogP contribution in [0.25, 0.3) is 0 Å². The second-order valence-corrected chi connectivity index (χ2v) is 11.4. The molecule has 2 bridgehead atoms. The molecule has 3 aliphatic rings. The summed E-state index contributed by atoms with van der Waals surface area (Å²) in [5.41, 5.74) is -0.0200. The molecule has 1 N–H and O–H groups in total. The first-order chi connectivity index (χ1) is 17.0. The minimum Gasteiger partial charge on any atom is -0.444 e. The van der Waals surface area contributed by atoms with E-state index in [1.165, 1.54) is 4.90 Å². The number of piperazine rings is 1. The molecule has 3 heterocycles. The smallest absolute Gasteiger partial charge is 0.408 e. The second-order valence-electron chi connectivity index (χ2n) is 10.5. The molecule has 0 saturated carbocycles. The number of carbonyl (C=O) groups is 3. The van der Waals surface area contributed by atoms with Gasteiger partial charge >= 0.3 is 6.09 Å². The average molecular weight is 536 g/mol. The molecule has 3 amide bonds. The van der Waals surface area contributed by atoms with E-state index in [1.807, 2.05) is 4.90 Å². The number of nitriles is 1. The van der Waals surface area contributed by atoms with Gasteiger partial charge in [-0.25, -0.2) is 4.79 Å². The van der Waals surface area contributed by atoms with Crippen molar-refractivity contribution < 1.29 is 19.1 Å². The Morgan fingerprint density at radius 2 is 1.97 bits per heavy atom. The largest absolute Gasteiger partial charge is 0.444 e. The standard InChI is InChI=1S/C25H31Cl2N5O4/c1-25(2,3)36-24(35)29-20(22(33)31-9-5-6-15(31)11-28)14-30-12-16-10-21(30)23(34)32(16)13-17-18(26)7-4-8-19(17)27/h4,7-8,15-16,20-21H,5-6,9-10,12-14H2,1-3H3,(H,29,35)/t15?,16-,20?,21-/m0/s1. The van der Waals surface area contributed by atoms with Gasteiger partial charge in [-0.15, -0.1) is 0 Å². The van der Waals surface area contributed by atoms with Gasteiger partial charge in [-0.3, -0.25) is 14.5 Å². The molecule has 0 spiro atoms. The molecular formula is C25H31Cl2N5O4. The number of benzene rings is 1. The van der Waals surface area contributed by atoms with Crippen LogP contribution in [-0.4, -0.2) is 82.0 Å². The summed E-state index contributed by atoms with van der Waals surface area (Å²) in [5, 5.41) is 13.2. The van der Waals surface area contributed by atoms with E-state index in [1.54, 1.807) is 43.9 Å². The van der Waals surface area contributed by atoms with Crippen molar-refractivity contribution in [1.29, 1.82) is 5.26 Å². The maximum atomic E-state index is 13.4. The van der Waals surface area contributed by atoms with Crippen molar-refractivity contribution in [2.24, 2.45) is 0 Å². The van der Waals surface area contributed by atoms with Crippen LogP contribution >= 0.6 is 23.2 Å². The van der Waals surface area contributed by atoms with Gasteiger partial charge in [-0.05, 0) is 52.2 Å². The third-order valence-corrected chi connectivity index (χ3v) is 7.58. The van der Waals surface area contributed by atoms with Crippen molar-refractivity contribution in [2.45, 2.75) is 76.3 Å². The fourth-order valence-electron chi connectivity index (χ4n) is 5.23. The van der Waals surface area contributed by atoms with Gasteiger partial charge in [-0.1, -0.05) is 29.3 Å². The molecule has 11 heteroatoms. The maximum absolute atomic E-state index is 13.4. The van der Waals surface area contributed by atoms with Crippen LogP contribution in [0, 0.1) is 11.3 Å². The van der Waals surface area contributed by atoms with E-state index in [4.69, 9.17) is 27.9 Å². The summed E-state index contributed by atoms with van der Waals surface area (Å²) in [6.07, 6.45) is 1.25. The maximum Gasteiger partial charge on any atom is 0.408 e. The number of alkyl carbamates (subject to hydrolysis) is 1. The van der Waals surface area contributed by atoms with Crippen molar-refractivity contribution in [3.63, 3.8) is 0 Å². The first-order valence-corrected chi connectivity index (χ1v) is 12.9. The zero-order valence-electron chi connectivity index (χ0n) is 20.7. The van der Waals surface area contributed by atoms with Crippen LogP contribution in [0.2, 0.25) is 10.0 Å². The van der Waals surface area contributed by atoms with Gasteiger partial charge in [0.2, 0.25) is 11.8 Å². The van der Waals surface area contributed by atoms with Gasteiger partial charge in [0.25, 0.3) is 0 Å². The van der Waals surface area contributed by atoms with Crippen molar-refractivity contribution in [3.05, 3.63) is 33.8 Å². The SMILES string of the molecule is CC(C)(C)OC(=O)NC(CN1C[C@@H]2C[C@H]1C(=O)N2Cc1c(Cl)cccc1Cl)C(=O)N1CCCC1C#N. The summed E-state index contributed by atoms with van der Waals surface area (Å²) in [6, 6.07) is 5.52. The number of rotatable bonds is 6. The van der Waals surface area contributed by atoms with Crippen molar-refractivity contribution in [2.75, 3.05) is 19.6 Å². The molecule has 194 valence electrons. The number of amides is 3. The van der Waals surface area contributed by atoms with Crippen LogP contribution in [0.5, 0.6) is 0 Å². The molecular weight excluding hydrogens is 505 g/mol. The second kappa shape index (κ2) is 10.4. The lowest BCUT2D eigenvalue weighted by Gasteiger charge is -2.36. The summed E-state index contributed by atoms with van der Waals surface area (Å²) in [5.74, 6) is -0.387. The molecule has 36 heavy (non-hydrogen) atoms. The summed E-state index contributed by atoms with van der Waals surface area (Å²) in [4.78, 5) is 44.5. The Morgan fingerprint density at radius 3 is 2.58 bits per heavy atom. The number of nitrogens with one attached hydrogen (secondary N) is 1. The number of ether oxygens (including phenoxy) is 1. The predicted octanol–water partition coefficient (Wildman–Crippen LogP) is 3.19. The van der Waals surface area contributed by atoms with E-state index in [9.17, 15) is 19.6 Å². The van der Waals surface area contributed by atoms with Gasteiger partial charge in [0, 0.05) is 47.8 Å². The highest BCUT2D eigenvalue weighted by Gasteiger charge is 2.50. The van der Waals surface area contributed by atoms with Crippen LogP contribution < -0.4 is 5.32 Å². The summed E-state index contributed by atoms with van der Waals surface area (Å²) in [6.45, 7) is 6.72. The lowest BCUT2D eigenvalue weighted by Crippen LogP contribution is -2.58. The van der Waals surface area contributed by atoms with Gasteiger partial charge in [-0.2, -0.15) is 5.26 Å². The van der Waals surface area contributed by atoms with E-state index < -0.39 is 29.8 Å². The molecule has 0 radical (unpaired) electrons. The molecule has 0 aliphatic carbocycles. The summed E-state index contributed by atoms with van der Waals surface area (Å²) >= 11 is 12.6. The molecule has 1 aromatic rings. The molecule has 3 fully saturated rings. The van der Waals surface area contributed by atoms with Crippen molar-refractivity contribution >= 4 is 41.1 Å². The number of hydrogen-bond donors (Lipinski definition) is 1. The zero-order valence-corrected chi connectivity index (χ0v) is 22.2. The number of fused-ring (bicyclic) bond motifs is 2. The summed E-state index contributed by atoms with van der Waals surface area (Å²) in [7, 11) is 0. The molecule has 3 saturated heterocycles. The third-order valence-electron chi connectivity index (χ3n) is 6.87. The number of halogens is 2. The van der Waals surface area contributed by atoms with E-state index >= 15 is 0 Å². The highest BCUT2D eigenvalue weighted by molar-refractivity contribution is 6.36. The number of carbonyl (C=O) groups excluding carboxylic acids is 3. The number of likely N-dealkylation sites (tertiary alicyclic amines) is 3. The Kier molecular flexibility index (Phi) is 7.69. The Hall–Kier alpha value is -2.54. The lowest BCUT2D eigenvalue weighted by molar-refractivity contribution is -0.140. The van der Waals surface area contributed by atoms with E-state index in [2.05, 4.69) is 11.4 Å². The van der Waals surface area contributed by atoms with Gasteiger partial charge in [0.1, 0.15) is 17.7 Å². The Balaban J connectivity index is 1.47. The Bertz CT molecular complexity index is 1060. The van der Waals surface area contributed by atoms with Gasteiger partial charge < -0.3 is 19.9 Å². The fraction of sp³-hybridized carbons (Fsp3) is 0.600. The highest BCUT2D eigenvalue weighted by atomic mass is 35.5. The van der Waals surface area contributed by atoms with Crippen LogP contribution in [-0.2, 0) is 20.9 Å². The Morgan fingerprint density at radius 1 is 1.28 bits per heavy atom. The van der Waals surface area contributed by atoms with Crippen molar-refractivity contribution in [3.8, 4) is 6.07 Å². The highest BCUT2D eigenvalue weighted by Crippen LogP contribution is 2.36. The van der Waals surface area contributed by atoms with E-state index in [-0.39, 0.29) is 24.4 Å².